The monoisotopic (exact) mass is 188 g/mol. The predicted octanol–water partition coefficient (Wildman–Crippen LogP) is 0.553. The molecule has 0 aliphatic carbocycles. The van der Waals surface area contributed by atoms with E-state index in [0.717, 1.165) is 6.61 Å². The molecule has 13 heavy (non-hydrogen) atoms. The van der Waals surface area contributed by atoms with E-state index in [2.05, 4.69) is 0 Å². The van der Waals surface area contributed by atoms with Crippen molar-refractivity contribution in [1.29, 1.82) is 0 Å². The fourth-order valence-corrected chi connectivity index (χ4v) is 1.34. The highest BCUT2D eigenvalue weighted by Crippen LogP contribution is 2.22. The first-order valence-corrected chi connectivity index (χ1v) is 4.67. The molecule has 2 aliphatic heterocycles. The van der Waals surface area contributed by atoms with Crippen LogP contribution in [0.1, 0.15) is 13.8 Å². The van der Waals surface area contributed by atoms with Crippen LogP contribution in [0.5, 0.6) is 0 Å². The molecule has 0 N–H and O–H groups in total. The summed E-state index contributed by atoms with van der Waals surface area (Å²) in [6.07, 6.45) is 0.407. The molecule has 0 aromatic rings. The third-order valence-corrected chi connectivity index (χ3v) is 2.08. The van der Waals surface area contributed by atoms with Gasteiger partial charge in [-0.2, -0.15) is 0 Å². The Bertz CT molecular complexity index is 176. The Morgan fingerprint density at radius 2 is 1.92 bits per heavy atom. The van der Waals surface area contributed by atoms with Crippen molar-refractivity contribution in [1.82, 2.24) is 0 Å². The molecule has 2 rings (SSSR count). The van der Waals surface area contributed by atoms with E-state index in [1.165, 1.54) is 0 Å². The molecule has 2 atom stereocenters. The quantitative estimate of drug-likeness (QED) is 0.604. The van der Waals surface area contributed by atoms with Gasteiger partial charge in [-0.25, -0.2) is 0 Å². The van der Waals surface area contributed by atoms with Gasteiger partial charge in [-0.15, -0.1) is 0 Å². The minimum atomic E-state index is -0.440. The Balaban J connectivity index is 1.59. The lowest BCUT2D eigenvalue weighted by molar-refractivity contribution is -0.145. The normalized spacial score (nSPS) is 36.5. The summed E-state index contributed by atoms with van der Waals surface area (Å²) in [6.45, 7) is 6.57. The first-order valence-electron chi connectivity index (χ1n) is 4.67. The van der Waals surface area contributed by atoms with Crippen LogP contribution in [0.25, 0.3) is 0 Å². The van der Waals surface area contributed by atoms with E-state index in [1.807, 2.05) is 13.8 Å². The van der Waals surface area contributed by atoms with Gasteiger partial charge in [0.25, 0.3) is 0 Å². The summed E-state index contributed by atoms with van der Waals surface area (Å²) in [5.41, 5.74) is 0. The molecule has 0 bridgehead atoms. The maximum atomic E-state index is 5.56. The van der Waals surface area contributed by atoms with E-state index in [4.69, 9.17) is 18.9 Å². The average molecular weight is 188 g/mol. The summed E-state index contributed by atoms with van der Waals surface area (Å²) >= 11 is 0. The minimum absolute atomic E-state index is 0.0775. The van der Waals surface area contributed by atoms with Crippen molar-refractivity contribution < 1.29 is 18.9 Å². The lowest BCUT2D eigenvalue weighted by Gasteiger charge is -2.16. The molecule has 0 saturated carbocycles. The van der Waals surface area contributed by atoms with Crippen LogP contribution >= 0.6 is 0 Å². The van der Waals surface area contributed by atoms with Gasteiger partial charge >= 0.3 is 0 Å². The van der Waals surface area contributed by atoms with Gasteiger partial charge in [0.2, 0.25) is 0 Å². The van der Waals surface area contributed by atoms with E-state index in [9.17, 15) is 0 Å². The molecule has 0 aromatic carbocycles. The number of ether oxygens (including phenoxy) is 4. The highest BCUT2D eigenvalue weighted by atomic mass is 16.7. The summed E-state index contributed by atoms with van der Waals surface area (Å²) in [4.78, 5) is 0. The van der Waals surface area contributed by atoms with E-state index in [0.29, 0.717) is 25.9 Å². The van der Waals surface area contributed by atoms with Gasteiger partial charge in [-0.05, 0) is 13.8 Å². The zero-order valence-corrected chi connectivity index (χ0v) is 8.12. The maximum Gasteiger partial charge on any atom is 0.163 e. The lowest BCUT2D eigenvalue weighted by Crippen LogP contribution is -2.24. The van der Waals surface area contributed by atoms with Crippen LogP contribution in [0.15, 0.2) is 0 Å². The SMILES string of the molecule is CC1(C)OCC(COCC2CO2)O1. The second-order valence-electron chi connectivity index (χ2n) is 3.94. The Morgan fingerprint density at radius 1 is 1.23 bits per heavy atom. The number of hydrogen-bond acceptors (Lipinski definition) is 4. The summed E-state index contributed by atoms with van der Waals surface area (Å²) in [7, 11) is 0. The Kier molecular flexibility index (Phi) is 2.55. The number of hydrogen-bond donors (Lipinski definition) is 0. The van der Waals surface area contributed by atoms with Crippen LogP contribution in [0.2, 0.25) is 0 Å². The van der Waals surface area contributed by atoms with Crippen LogP contribution in [0.4, 0.5) is 0 Å². The van der Waals surface area contributed by atoms with E-state index in [-0.39, 0.29) is 6.10 Å². The standard InChI is InChI=1S/C9H16O4/c1-9(2)12-6-8(13-9)4-10-3-7-5-11-7/h7-8H,3-6H2,1-2H3. The third-order valence-electron chi connectivity index (χ3n) is 2.08. The van der Waals surface area contributed by atoms with Crippen molar-refractivity contribution in [2.45, 2.75) is 31.8 Å². The van der Waals surface area contributed by atoms with Gasteiger partial charge in [0.05, 0.1) is 26.4 Å². The maximum absolute atomic E-state index is 5.56. The highest BCUT2D eigenvalue weighted by Gasteiger charge is 2.33. The van der Waals surface area contributed by atoms with Crippen LogP contribution in [0.3, 0.4) is 0 Å². The molecule has 4 heteroatoms. The first kappa shape index (κ1) is 9.40. The van der Waals surface area contributed by atoms with Crippen LogP contribution < -0.4 is 0 Å². The highest BCUT2D eigenvalue weighted by molar-refractivity contribution is 4.72. The Hall–Kier alpha value is -0.160. The topological polar surface area (TPSA) is 40.2 Å². The van der Waals surface area contributed by atoms with Crippen molar-refractivity contribution >= 4 is 0 Å². The molecule has 4 nitrogen and oxygen atoms in total. The summed E-state index contributed by atoms with van der Waals surface area (Å²) < 4.78 is 21.4. The fourth-order valence-electron chi connectivity index (χ4n) is 1.34. The Labute approximate surface area is 78.1 Å². The van der Waals surface area contributed by atoms with Gasteiger partial charge in [0.15, 0.2) is 5.79 Å². The summed E-state index contributed by atoms with van der Waals surface area (Å²) in [5.74, 6) is -0.440. The molecule has 2 unspecified atom stereocenters. The molecular formula is C9H16O4. The van der Waals surface area contributed by atoms with Gasteiger partial charge in [-0.1, -0.05) is 0 Å². The molecule has 2 aliphatic rings. The first-order chi connectivity index (χ1) is 6.16. The zero-order chi connectivity index (χ0) is 9.31. The molecular weight excluding hydrogens is 172 g/mol. The largest absolute Gasteiger partial charge is 0.376 e. The van der Waals surface area contributed by atoms with Crippen molar-refractivity contribution in [2.75, 3.05) is 26.4 Å². The van der Waals surface area contributed by atoms with E-state index >= 15 is 0 Å². The second kappa shape index (κ2) is 3.53. The van der Waals surface area contributed by atoms with Crippen molar-refractivity contribution in [2.24, 2.45) is 0 Å². The molecule has 0 amide bonds. The zero-order valence-electron chi connectivity index (χ0n) is 8.12. The van der Waals surface area contributed by atoms with Crippen LogP contribution in [0, 0.1) is 0 Å². The minimum Gasteiger partial charge on any atom is -0.376 e. The average Bonchev–Trinajstić information content (AvgIpc) is 2.78. The molecule has 0 radical (unpaired) electrons. The number of rotatable bonds is 4. The van der Waals surface area contributed by atoms with Gasteiger partial charge < -0.3 is 18.9 Å². The molecule has 2 fully saturated rings. The second-order valence-corrected chi connectivity index (χ2v) is 3.94. The van der Waals surface area contributed by atoms with E-state index < -0.39 is 5.79 Å². The van der Waals surface area contributed by atoms with Crippen molar-refractivity contribution in [3.63, 3.8) is 0 Å². The van der Waals surface area contributed by atoms with Gasteiger partial charge in [-0.3, -0.25) is 0 Å². The van der Waals surface area contributed by atoms with Crippen LogP contribution in [-0.2, 0) is 18.9 Å². The molecule has 0 aromatic heterocycles. The molecule has 2 saturated heterocycles. The number of epoxide rings is 1. The lowest BCUT2D eigenvalue weighted by atomic mass is 10.4. The molecule has 0 spiro atoms. The smallest absolute Gasteiger partial charge is 0.163 e. The summed E-state index contributed by atoms with van der Waals surface area (Å²) in [5, 5.41) is 0. The van der Waals surface area contributed by atoms with Crippen molar-refractivity contribution in [3.8, 4) is 0 Å². The van der Waals surface area contributed by atoms with Gasteiger partial charge in [0, 0.05) is 0 Å². The molecule has 76 valence electrons. The fraction of sp³-hybridized carbons (Fsp3) is 1.00. The molecule has 2 heterocycles. The Morgan fingerprint density at radius 3 is 2.46 bits per heavy atom. The predicted molar refractivity (Wildman–Crippen MR) is 45.5 cm³/mol. The third kappa shape index (κ3) is 2.91. The van der Waals surface area contributed by atoms with Crippen LogP contribution in [-0.4, -0.2) is 44.4 Å². The van der Waals surface area contributed by atoms with E-state index in [1.54, 1.807) is 0 Å². The van der Waals surface area contributed by atoms with Crippen molar-refractivity contribution in [3.05, 3.63) is 0 Å². The van der Waals surface area contributed by atoms with Gasteiger partial charge in [0.1, 0.15) is 12.2 Å². The summed E-state index contributed by atoms with van der Waals surface area (Å²) in [6, 6.07) is 0.